The lowest BCUT2D eigenvalue weighted by atomic mass is 9.83. The van der Waals surface area contributed by atoms with Crippen LogP contribution in [0.4, 0.5) is 13.2 Å². The zero-order valence-electron chi connectivity index (χ0n) is 16.1. The van der Waals surface area contributed by atoms with Crippen molar-refractivity contribution in [3.05, 3.63) is 40.6 Å². The molecule has 0 aliphatic heterocycles. The Labute approximate surface area is 175 Å². The molecule has 30 heavy (non-hydrogen) atoms. The summed E-state index contributed by atoms with van der Waals surface area (Å²) in [5.41, 5.74) is 1.44. The fourth-order valence-corrected chi connectivity index (χ4v) is 4.45. The molecule has 9 heteroatoms. The molecule has 2 N–H and O–H groups in total. The van der Waals surface area contributed by atoms with Gasteiger partial charge in [0.05, 0.1) is 4.88 Å². The highest BCUT2D eigenvalue weighted by Gasteiger charge is 2.31. The first-order valence-electron chi connectivity index (χ1n) is 9.67. The van der Waals surface area contributed by atoms with E-state index in [0.29, 0.717) is 22.8 Å². The zero-order chi connectivity index (χ0) is 21.7. The topological polar surface area (TPSA) is 75.6 Å². The van der Waals surface area contributed by atoms with Gasteiger partial charge >= 0.3 is 12.3 Å². The summed E-state index contributed by atoms with van der Waals surface area (Å²) >= 11 is 1.28. The number of carboxylic acids is 1. The Hall–Kier alpha value is -2.55. The molecule has 1 aromatic heterocycles. The molecule has 0 spiro atoms. The number of carbonyl (C=O) groups is 2. The summed E-state index contributed by atoms with van der Waals surface area (Å²) in [5.74, 6) is -0.844. The molecule has 1 aliphatic rings. The number of aliphatic carboxylic acids is 1. The SMILES string of the molecule is O=C(O)CC[C@H]1CC[C@H](NC(=O)c2cc(-c3ccc(OC(F)(F)F)cc3)cs2)CC1. The predicted octanol–water partition coefficient (Wildman–Crippen LogP) is 5.47. The van der Waals surface area contributed by atoms with Crippen LogP contribution in [0.5, 0.6) is 5.75 Å². The molecule has 2 aromatic rings. The standard InChI is InChI=1S/C21H22F3NO4S/c22-21(23,24)29-17-8-4-14(5-9-17)15-11-18(30-12-15)20(28)25-16-6-1-13(2-7-16)3-10-19(26)27/h4-5,8-9,11-13,16H,1-3,6-7,10H2,(H,25,28)(H,26,27)/t13-,16-. The quantitative estimate of drug-likeness (QED) is 0.598. The number of thiophene rings is 1. The fraction of sp³-hybridized carbons (Fsp3) is 0.429. The van der Waals surface area contributed by atoms with Crippen LogP contribution in [-0.4, -0.2) is 29.4 Å². The molecule has 5 nitrogen and oxygen atoms in total. The van der Waals surface area contributed by atoms with E-state index in [2.05, 4.69) is 10.1 Å². The molecular weight excluding hydrogens is 419 g/mol. The van der Waals surface area contributed by atoms with Gasteiger partial charge in [-0.25, -0.2) is 0 Å². The summed E-state index contributed by atoms with van der Waals surface area (Å²) in [6.45, 7) is 0. The third-order valence-corrected chi connectivity index (χ3v) is 6.12. The fourth-order valence-electron chi connectivity index (χ4n) is 3.64. The predicted molar refractivity (Wildman–Crippen MR) is 107 cm³/mol. The third kappa shape index (κ3) is 6.48. The van der Waals surface area contributed by atoms with E-state index in [1.54, 1.807) is 11.4 Å². The number of benzene rings is 1. The van der Waals surface area contributed by atoms with Gasteiger partial charge in [0, 0.05) is 12.5 Å². The van der Waals surface area contributed by atoms with E-state index >= 15 is 0 Å². The van der Waals surface area contributed by atoms with Crippen LogP contribution in [0, 0.1) is 5.92 Å². The van der Waals surface area contributed by atoms with Crippen LogP contribution in [0.2, 0.25) is 0 Å². The smallest absolute Gasteiger partial charge is 0.481 e. The number of ether oxygens (including phenoxy) is 1. The minimum Gasteiger partial charge on any atom is -0.481 e. The molecule has 1 amide bonds. The van der Waals surface area contributed by atoms with Gasteiger partial charge in [-0.1, -0.05) is 12.1 Å². The molecule has 0 bridgehead atoms. The molecule has 1 heterocycles. The summed E-state index contributed by atoms with van der Waals surface area (Å²) < 4.78 is 40.6. The van der Waals surface area contributed by atoms with Crippen LogP contribution in [0.25, 0.3) is 11.1 Å². The van der Waals surface area contributed by atoms with Crippen molar-refractivity contribution in [3.63, 3.8) is 0 Å². The van der Waals surface area contributed by atoms with Gasteiger partial charge in [0.2, 0.25) is 0 Å². The average Bonchev–Trinajstić information content (AvgIpc) is 3.17. The highest BCUT2D eigenvalue weighted by molar-refractivity contribution is 7.12. The number of hydrogen-bond donors (Lipinski definition) is 2. The lowest BCUT2D eigenvalue weighted by Gasteiger charge is -2.28. The number of carboxylic acid groups (broad SMARTS) is 1. The lowest BCUT2D eigenvalue weighted by molar-refractivity contribution is -0.274. The summed E-state index contributed by atoms with van der Waals surface area (Å²) in [6, 6.07) is 7.30. The van der Waals surface area contributed by atoms with E-state index in [1.165, 1.54) is 35.6 Å². The zero-order valence-corrected chi connectivity index (χ0v) is 16.9. The Balaban J connectivity index is 1.52. The Morgan fingerprint density at radius 2 is 1.77 bits per heavy atom. The number of amides is 1. The number of halogens is 3. The Morgan fingerprint density at radius 1 is 1.10 bits per heavy atom. The van der Waals surface area contributed by atoms with Crippen LogP contribution < -0.4 is 10.1 Å². The molecule has 1 saturated carbocycles. The van der Waals surface area contributed by atoms with Gasteiger partial charge in [-0.05, 0) is 72.7 Å². The second-order valence-corrected chi connectivity index (χ2v) is 8.31. The molecule has 3 rings (SSSR count). The first-order chi connectivity index (χ1) is 14.2. The minimum absolute atomic E-state index is 0.0722. The van der Waals surface area contributed by atoms with Gasteiger partial charge < -0.3 is 15.2 Å². The van der Waals surface area contributed by atoms with Crippen molar-refractivity contribution in [2.24, 2.45) is 5.92 Å². The maximum absolute atomic E-state index is 12.5. The molecule has 0 unspecified atom stereocenters. The molecule has 162 valence electrons. The number of hydrogen-bond acceptors (Lipinski definition) is 4. The summed E-state index contributed by atoms with van der Waals surface area (Å²) in [6.07, 6.45) is -0.408. The van der Waals surface area contributed by atoms with Crippen LogP contribution in [-0.2, 0) is 4.79 Å². The van der Waals surface area contributed by atoms with Crippen molar-refractivity contribution >= 4 is 23.2 Å². The molecule has 0 radical (unpaired) electrons. The van der Waals surface area contributed by atoms with Gasteiger partial charge in [0.1, 0.15) is 5.75 Å². The molecule has 1 fully saturated rings. The van der Waals surface area contributed by atoms with Gasteiger partial charge in [-0.15, -0.1) is 24.5 Å². The maximum atomic E-state index is 12.5. The Bertz CT molecular complexity index is 871. The van der Waals surface area contributed by atoms with Crippen molar-refractivity contribution in [2.45, 2.75) is 50.9 Å². The number of nitrogens with one attached hydrogen (secondary N) is 1. The van der Waals surface area contributed by atoms with E-state index in [-0.39, 0.29) is 24.1 Å². The monoisotopic (exact) mass is 441 g/mol. The summed E-state index contributed by atoms with van der Waals surface area (Å²) in [7, 11) is 0. The van der Waals surface area contributed by atoms with Crippen LogP contribution in [0.1, 0.15) is 48.2 Å². The molecule has 0 atom stereocenters. The van der Waals surface area contributed by atoms with E-state index in [9.17, 15) is 22.8 Å². The normalized spacial score (nSPS) is 19.3. The van der Waals surface area contributed by atoms with Crippen molar-refractivity contribution in [1.29, 1.82) is 0 Å². The van der Waals surface area contributed by atoms with Crippen LogP contribution in [0.15, 0.2) is 35.7 Å². The summed E-state index contributed by atoms with van der Waals surface area (Å²) in [5, 5.41) is 13.6. The largest absolute Gasteiger partial charge is 0.573 e. The Morgan fingerprint density at radius 3 is 2.37 bits per heavy atom. The molecule has 1 aliphatic carbocycles. The highest BCUT2D eigenvalue weighted by atomic mass is 32.1. The third-order valence-electron chi connectivity index (χ3n) is 5.19. The number of carbonyl (C=O) groups excluding carboxylic acids is 1. The van der Waals surface area contributed by atoms with Crippen molar-refractivity contribution in [1.82, 2.24) is 5.32 Å². The average molecular weight is 441 g/mol. The van der Waals surface area contributed by atoms with Gasteiger partial charge in [-0.2, -0.15) is 0 Å². The first kappa shape index (κ1) is 22.1. The minimum atomic E-state index is -4.73. The van der Waals surface area contributed by atoms with Crippen LogP contribution >= 0.6 is 11.3 Å². The Kier molecular flexibility index (Phi) is 7.02. The number of rotatable bonds is 7. The molecule has 0 saturated heterocycles. The maximum Gasteiger partial charge on any atom is 0.573 e. The van der Waals surface area contributed by atoms with E-state index in [0.717, 1.165) is 31.2 Å². The lowest BCUT2D eigenvalue weighted by Crippen LogP contribution is -2.37. The van der Waals surface area contributed by atoms with Gasteiger partial charge in [0.25, 0.3) is 5.91 Å². The first-order valence-corrected chi connectivity index (χ1v) is 10.5. The van der Waals surface area contributed by atoms with Gasteiger partial charge in [0.15, 0.2) is 0 Å². The molecule has 1 aromatic carbocycles. The van der Waals surface area contributed by atoms with E-state index < -0.39 is 12.3 Å². The number of alkyl halides is 3. The van der Waals surface area contributed by atoms with Crippen molar-refractivity contribution in [2.75, 3.05) is 0 Å². The van der Waals surface area contributed by atoms with Gasteiger partial charge in [-0.3, -0.25) is 9.59 Å². The second-order valence-electron chi connectivity index (χ2n) is 7.40. The van der Waals surface area contributed by atoms with Crippen LogP contribution in [0.3, 0.4) is 0 Å². The van der Waals surface area contributed by atoms with Crippen molar-refractivity contribution < 1.29 is 32.6 Å². The summed E-state index contributed by atoms with van der Waals surface area (Å²) in [4.78, 5) is 23.8. The van der Waals surface area contributed by atoms with Crippen molar-refractivity contribution in [3.8, 4) is 16.9 Å². The van der Waals surface area contributed by atoms with E-state index in [4.69, 9.17) is 5.11 Å². The molecular formula is C21H22F3NO4S. The highest BCUT2D eigenvalue weighted by Crippen LogP contribution is 2.31. The van der Waals surface area contributed by atoms with E-state index in [1.807, 2.05) is 0 Å². The second kappa shape index (κ2) is 9.51.